The molecule has 1 aliphatic rings. The second-order valence-electron chi connectivity index (χ2n) is 7.29. The zero-order valence-corrected chi connectivity index (χ0v) is 17.7. The fourth-order valence-electron chi connectivity index (χ4n) is 3.65. The van der Waals surface area contributed by atoms with Gasteiger partial charge in [0, 0.05) is 38.7 Å². The summed E-state index contributed by atoms with van der Waals surface area (Å²) < 4.78 is 11.0. The third-order valence-electron chi connectivity index (χ3n) is 5.35. The Labute approximate surface area is 183 Å². The van der Waals surface area contributed by atoms with Gasteiger partial charge in [0.2, 0.25) is 5.91 Å². The Morgan fingerprint density at radius 1 is 1.06 bits per heavy atom. The van der Waals surface area contributed by atoms with Crippen LogP contribution in [0.4, 0.5) is 0 Å². The number of carbonyl (C=O) groups excluding carboxylic acids is 1. The molecule has 1 saturated heterocycles. The Morgan fingerprint density at radius 3 is 2.45 bits per heavy atom. The summed E-state index contributed by atoms with van der Waals surface area (Å²) in [5, 5.41) is 18.6. The first-order valence-corrected chi connectivity index (χ1v) is 10.3. The quantitative estimate of drug-likeness (QED) is 0.612. The van der Waals surface area contributed by atoms with E-state index in [1.54, 1.807) is 18.2 Å². The third kappa shape index (κ3) is 5.75. The predicted octanol–water partition coefficient (Wildman–Crippen LogP) is 3.13. The summed E-state index contributed by atoms with van der Waals surface area (Å²) in [4.78, 5) is 16.5. The maximum absolute atomic E-state index is 12.6. The number of methoxy groups -OCH3 is 1. The summed E-state index contributed by atoms with van der Waals surface area (Å²) in [7, 11) is 1.53. The van der Waals surface area contributed by atoms with Gasteiger partial charge in [-0.05, 0) is 24.1 Å². The van der Waals surface area contributed by atoms with Crippen LogP contribution in [0.2, 0.25) is 0 Å². The number of carbonyl (C=O) groups is 1. The highest BCUT2D eigenvalue weighted by Crippen LogP contribution is 2.28. The van der Waals surface area contributed by atoms with Crippen molar-refractivity contribution < 1.29 is 14.3 Å². The number of piperazine rings is 1. The number of benzene rings is 2. The minimum Gasteiger partial charge on any atom is -0.493 e. The van der Waals surface area contributed by atoms with Crippen molar-refractivity contribution in [2.24, 2.45) is 0 Å². The largest absolute Gasteiger partial charge is 0.493 e. The molecular weight excluding hydrogens is 392 g/mol. The van der Waals surface area contributed by atoms with Crippen molar-refractivity contribution in [3.8, 4) is 23.6 Å². The number of rotatable bonds is 8. The van der Waals surface area contributed by atoms with Crippen molar-refractivity contribution in [3.63, 3.8) is 0 Å². The minimum atomic E-state index is -0.283. The Balaban J connectivity index is 1.43. The molecule has 7 heteroatoms. The number of hydrogen-bond acceptors (Lipinski definition) is 6. The molecule has 1 atom stereocenters. The molecule has 0 N–H and O–H groups in total. The summed E-state index contributed by atoms with van der Waals surface area (Å²) in [5.41, 5.74) is 1.49. The molecule has 7 nitrogen and oxygen atoms in total. The van der Waals surface area contributed by atoms with Crippen molar-refractivity contribution in [3.05, 3.63) is 59.7 Å². The topological polar surface area (TPSA) is 89.6 Å². The zero-order valence-electron chi connectivity index (χ0n) is 17.7. The van der Waals surface area contributed by atoms with E-state index in [1.807, 2.05) is 35.2 Å². The highest BCUT2D eigenvalue weighted by Gasteiger charge is 2.26. The lowest BCUT2D eigenvalue weighted by atomic mass is 10.1. The molecule has 0 saturated carbocycles. The highest BCUT2D eigenvalue weighted by atomic mass is 16.5. The van der Waals surface area contributed by atoms with Gasteiger partial charge in [0.05, 0.1) is 31.4 Å². The van der Waals surface area contributed by atoms with E-state index in [4.69, 9.17) is 14.7 Å². The van der Waals surface area contributed by atoms with Crippen LogP contribution in [0.1, 0.15) is 30.0 Å². The van der Waals surface area contributed by atoms with Crippen molar-refractivity contribution in [2.45, 2.75) is 18.9 Å². The number of amides is 1. The first-order valence-electron chi connectivity index (χ1n) is 10.3. The molecule has 31 heavy (non-hydrogen) atoms. The lowest BCUT2D eigenvalue weighted by Gasteiger charge is -2.37. The Morgan fingerprint density at radius 2 is 1.81 bits per heavy atom. The van der Waals surface area contributed by atoms with Crippen LogP contribution in [0, 0.1) is 22.7 Å². The van der Waals surface area contributed by atoms with Gasteiger partial charge in [-0.3, -0.25) is 9.69 Å². The van der Waals surface area contributed by atoms with Crippen molar-refractivity contribution in [1.29, 1.82) is 10.5 Å². The van der Waals surface area contributed by atoms with Gasteiger partial charge in [0.25, 0.3) is 0 Å². The SMILES string of the molecule is COc1cc(C#N)ccc1OCCCC(=O)N1CCN([C@H](C#N)c2ccccc2)CC1. The molecule has 0 unspecified atom stereocenters. The molecule has 0 spiro atoms. The van der Waals surface area contributed by atoms with E-state index in [9.17, 15) is 10.1 Å². The standard InChI is InChI=1S/C24H26N4O3/c1-30-23-16-19(17-25)9-10-22(23)31-15-5-8-24(29)28-13-11-27(12-14-28)21(18-26)20-6-3-2-4-7-20/h2-4,6-7,9-10,16,21H,5,8,11-15H2,1H3/t21-/m1/s1. The first-order chi connectivity index (χ1) is 15.2. The fourth-order valence-corrected chi connectivity index (χ4v) is 3.65. The van der Waals surface area contributed by atoms with Gasteiger partial charge >= 0.3 is 0 Å². The molecule has 1 fully saturated rings. The lowest BCUT2D eigenvalue weighted by Crippen LogP contribution is -2.49. The van der Waals surface area contributed by atoms with Crippen LogP contribution < -0.4 is 9.47 Å². The summed E-state index contributed by atoms with van der Waals surface area (Å²) in [6.07, 6.45) is 0.992. The number of hydrogen-bond donors (Lipinski definition) is 0. The molecule has 0 aliphatic carbocycles. The van der Waals surface area contributed by atoms with Crippen LogP contribution >= 0.6 is 0 Å². The van der Waals surface area contributed by atoms with E-state index in [-0.39, 0.29) is 11.9 Å². The van der Waals surface area contributed by atoms with E-state index in [2.05, 4.69) is 17.0 Å². The molecule has 1 heterocycles. The maximum atomic E-state index is 12.6. The predicted molar refractivity (Wildman–Crippen MR) is 115 cm³/mol. The molecule has 1 amide bonds. The first kappa shape index (κ1) is 22.1. The second kappa shape index (κ2) is 11.0. The van der Waals surface area contributed by atoms with E-state index < -0.39 is 0 Å². The van der Waals surface area contributed by atoms with Crippen LogP contribution in [-0.2, 0) is 4.79 Å². The monoisotopic (exact) mass is 418 g/mol. The number of nitriles is 2. The normalized spacial score (nSPS) is 14.9. The molecule has 0 bridgehead atoms. The summed E-state index contributed by atoms with van der Waals surface area (Å²) in [6, 6.07) is 18.9. The average Bonchev–Trinajstić information content (AvgIpc) is 2.83. The van der Waals surface area contributed by atoms with E-state index in [1.165, 1.54) is 7.11 Å². The van der Waals surface area contributed by atoms with Crippen LogP contribution in [0.15, 0.2) is 48.5 Å². The van der Waals surface area contributed by atoms with E-state index in [0.29, 0.717) is 62.7 Å². The van der Waals surface area contributed by atoms with Gasteiger partial charge in [0.15, 0.2) is 11.5 Å². The van der Waals surface area contributed by atoms with Gasteiger partial charge in [-0.1, -0.05) is 30.3 Å². The molecule has 0 radical (unpaired) electrons. The van der Waals surface area contributed by atoms with E-state index in [0.717, 1.165) is 5.56 Å². The zero-order chi connectivity index (χ0) is 22.1. The molecule has 1 aliphatic heterocycles. The summed E-state index contributed by atoms with van der Waals surface area (Å²) in [5.74, 6) is 1.17. The van der Waals surface area contributed by atoms with Crippen molar-refractivity contribution in [1.82, 2.24) is 9.80 Å². The second-order valence-corrected chi connectivity index (χ2v) is 7.29. The molecule has 2 aromatic carbocycles. The van der Waals surface area contributed by atoms with Crippen LogP contribution in [0.5, 0.6) is 11.5 Å². The van der Waals surface area contributed by atoms with Gasteiger partial charge in [-0.15, -0.1) is 0 Å². The minimum absolute atomic E-state index is 0.100. The maximum Gasteiger partial charge on any atom is 0.222 e. The molecule has 160 valence electrons. The fraction of sp³-hybridized carbons (Fsp3) is 0.375. The van der Waals surface area contributed by atoms with Crippen LogP contribution in [0.25, 0.3) is 0 Å². The summed E-state index contributed by atoms with van der Waals surface area (Å²) >= 11 is 0. The van der Waals surface area contributed by atoms with Gasteiger partial charge < -0.3 is 14.4 Å². The van der Waals surface area contributed by atoms with Crippen LogP contribution in [-0.4, -0.2) is 55.6 Å². The number of nitrogens with zero attached hydrogens (tertiary/aromatic N) is 4. The van der Waals surface area contributed by atoms with Gasteiger partial charge in [-0.2, -0.15) is 10.5 Å². The Hall–Kier alpha value is -3.55. The molecule has 2 aromatic rings. The van der Waals surface area contributed by atoms with E-state index >= 15 is 0 Å². The van der Waals surface area contributed by atoms with Gasteiger partial charge in [0.1, 0.15) is 6.04 Å². The van der Waals surface area contributed by atoms with Crippen LogP contribution in [0.3, 0.4) is 0 Å². The molecule has 0 aromatic heterocycles. The van der Waals surface area contributed by atoms with Gasteiger partial charge in [-0.25, -0.2) is 0 Å². The summed E-state index contributed by atoms with van der Waals surface area (Å²) in [6.45, 7) is 2.98. The lowest BCUT2D eigenvalue weighted by molar-refractivity contribution is -0.133. The average molecular weight is 418 g/mol. The Bertz CT molecular complexity index is 957. The number of ether oxygens (including phenoxy) is 2. The smallest absolute Gasteiger partial charge is 0.222 e. The molecular formula is C24H26N4O3. The van der Waals surface area contributed by atoms with Crippen molar-refractivity contribution in [2.75, 3.05) is 39.9 Å². The molecule has 3 rings (SSSR count). The third-order valence-corrected chi connectivity index (χ3v) is 5.35. The Kier molecular flexibility index (Phi) is 7.86. The highest BCUT2D eigenvalue weighted by molar-refractivity contribution is 5.76. The van der Waals surface area contributed by atoms with Crippen molar-refractivity contribution >= 4 is 5.91 Å².